The summed E-state index contributed by atoms with van der Waals surface area (Å²) in [6, 6.07) is 12.7. The van der Waals surface area contributed by atoms with E-state index in [9.17, 15) is 0 Å². The summed E-state index contributed by atoms with van der Waals surface area (Å²) in [5, 5.41) is 2.36. The molecule has 106 valence electrons. The number of epoxide rings is 1. The van der Waals surface area contributed by atoms with Crippen LogP contribution >= 0.6 is 0 Å². The smallest absolute Gasteiger partial charge is 0.127 e. The molecule has 2 atom stereocenters. The Balaban J connectivity index is 1.85. The lowest BCUT2D eigenvalue weighted by molar-refractivity contribution is 0.0931. The van der Waals surface area contributed by atoms with Crippen LogP contribution in [0.5, 0.6) is 5.75 Å². The van der Waals surface area contributed by atoms with Gasteiger partial charge < -0.3 is 14.2 Å². The summed E-state index contributed by atoms with van der Waals surface area (Å²) >= 11 is 0. The third-order valence-corrected chi connectivity index (χ3v) is 3.50. The van der Waals surface area contributed by atoms with Crippen LogP contribution in [0.2, 0.25) is 0 Å². The Bertz CT molecular complexity index is 590. The maximum absolute atomic E-state index is 5.95. The number of ether oxygens (including phenoxy) is 3. The molecule has 20 heavy (non-hydrogen) atoms. The third kappa shape index (κ3) is 3.11. The second-order valence-electron chi connectivity index (χ2n) is 5.35. The Labute approximate surface area is 119 Å². The molecule has 3 heteroatoms. The van der Waals surface area contributed by atoms with E-state index >= 15 is 0 Å². The van der Waals surface area contributed by atoms with Crippen LogP contribution in [0.25, 0.3) is 10.8 Å². The molecule has 0 saturated carbocycles. The summed E-state index contributed by atoms with van der Waals surface area (Å²) in [6.45, 7) is 3.50. The molecule has 0 aromatic heterocycles. The quantitative estimate of drug-likeness (QED) is 0.757. The Morgan fingerprint density at radius 3 is 2.90 bits per heavy atom. The fourth-order valence-electron chi connectivity index (χ4n) is 2.47. The first kappa shape index (κ1) is 13.4. The van der Waals surface area contributed by atoms with E-state index in [1.54, 1.807) is 7.11 Å². The molecule has 2 unspecified atom stereocenters. The van der Waals surface area contributed by atoms with Crippen molar-refractivity contribution in [1.29, 1.82) is 0 Å². The molecule has 0 aliphatic carbocycles. The van der Waals surface area contributed by atoms with E-state index in [1.165, 1.54) is 10.9 Å². The minimum Gasteiger partial charge on any atom is -0.488 e. The number of rotatable bonds is 6. The maximum Gasteiger partial charge on any atom is 0.127 e. The molecule has 2 aromatic carbocycles. The second-order valence-corrected chi connectivity index (χ2v) is 5.35. The summed E-state index contributed by atoms with van der Waals surface area (Å²) in [5.41, 5.74) is 1.32. The summed E-state index contributed by atoms with van der Waals surface area (Å²) in [5.74, 6) is 0.918. The Morgan fingerprint density at radius 2 is 2.15 bits per heavy atom. The SMILES string of the molecule is COCC(C)Oc1cccc2cc(CC3CO3)ccc12. The molecule has 1 fully saturated rings. The predicted octanol–water partition coefficient (Wildman–Crippen LogP) is 3.19. The zero-order valence-electron chi connectivity index (χ0n) is 12.0. The van der Waals surface area contributed by atoms with Crippen molar-refractivity contribution < 1.29 is 14.2 Å². The maximum atomic E-state index is 5.95. The molecule has 1 heterocycles. The molecule has 0 radical (unpaired) electrons. The Hall–Kier alpha value is -1.58. The topological polar surface area (TPSA) is 31.0 Å². The Morgan fingerprint density at radius 1 is 1.30 bits per heavy atom. The van der Waals surface area contributed by atoms with Gasteiger partial charge in [0.25, 0.3) is 0 Å². The first-order valence-electron chi connectivity index (χ1n) is 7.05. The predicted molar refractivity (Wildman–Crippen MR) is 79.4 cm³/mol. The molecule has 3 rings (SSSR count). The highest BCUT2D eigenvalue weighted by Gasteiger charge is 2.22. The summed E-state index contributed by atoms with van der Waals surface area (Å²) in [6.07, 6.45) is 1.47. The van der Waals surface area contributed by atoms with Gasteiger partial charge in [0, 0.05) is 18.9 Å². The van der Waals surface area contributed by atoms with Crippen LogP contribution in [0.15, 0.2) is 36.4 Å². The van der Waals surface area contributed by atoms with Crippen LogP contribution in [0, 0.1) is 0 Å². The highest BCUT2D eigenvalue weighted by Crippen LogP contribution is 2.28. The molecule has 1 saturated heterocycles. The van der Waals surface area contributed by atoms with Crippen LogP contribution in [-0.2, 0) is 15.9 Å². The molecular formula is C17H20O3. The van der Waals surface area contributed by atoms with Gasteiger partial charge in [-0.3, -0.25) is 0 Å². The van der Waals surface area contributed by atoms with Gasteiger partial charge in [-0.25, -0.2) is 0 Å². The van der Waals surface area contributed by atoms with Crippen LogP contribution in [0.4, 0.5) is 0 Å². The van der Waals surface area contributed by atoms with Gasteiger partial charge >= 0.3 is 0 Å². The van der Waals surface area contributed by atoms with Gasteiger partial charge in [-0.05, 0) is 23.9 Å². The van der Waals surface area contributed by atoms with Gasteiger partial charge in [0.2, 0.25) is 0 Å². The fourth-order valence-corrected chi connectivity index (χ4v) is 2.47. The summed E-state index contributed by atoms with van der Waals surface area (Å²) in [7, 11) is 1.69. The lowest BCUT2D eigenvalue weighted by Gasteiger charge is -2.15. The highest BCUT2D eigenvalue weighted by molar-refractivity contribution is 5.88. The van der Waals surface area contributed by atoms with Crippen LogP contribution < -0.4 is 4.74 Å². The molecular weight excluding hydrogens is 252 g/mol. The Kier molecular flexibility index (Phi) is 3.90. The number of hydrogen-bond donors (Lipinski definition) is 0. The van der Waals surface area contributed by atoms with Gasteiger partial charge in [-0.2, -0.15) is 0 Å². The van der Waals surface area contributed by atoms with E-state index in [0.29, 0.717) is 12.7 Å². The number of methoxy groups -OCH3 is 1. The normalized spacial score (nSPS) is 19.0. The van der Waals surface area contributed by atoms with Crippen LogP contribution in [-0.4, -0.2) is 32.5 Å². The standard InChI is InChI=1S/C17H20O3/c1-12(10-18-2)20-17-5-3-4-14-8-13(6-7-16(14)17)9-15-11-19-15/h3-8,12,15H,9-11H2,1-2H3. The lowest BCUT2D eigenvalue weighted by atomic mass is 10.0. The van der Waals surface area contributed by atoms with Crippen molar-refractivity contribution in [2.75, 3.05) is 20.3 Å². The van der Waals surface area contributed by atoms with Crippen molar-refractivity contribution in [3.05, 3.63) is 42.0 Å². The van der Waals surface area contributed by atoms with Crippen molar-refractivity contribution in [3.63, 3.8) is 0 Å². The number of hydrogen-bond acceptors (Lipinski definition) is 3. The van der Waals surface area contributed by atoms with E-state index in [4.69, 9.17) is 14.2 Å². The van der Waals surface area contributed by atoms with Crippen molar-refractivity contribution in [1.82, 2.24) is 0 Å². The molecule has 0 N–H and O–H groups in total. The van der Waals surface area contributed by atoms with Crippen molar-refractivity contribution in [2.45, 2.75) is 25.6 Å². The summed E-state index contributed by atoms with van der Waals surface area (Å²) < 4.78 is 16.4. The van der Waals surface area contributed by atoms with E-state index in [1.807, 2.05) is 19.1 Å². The summed E-state index contributed by atoms with van der Waals surface area (Å²) in [4.78, 5) is 0. The first-order chi connectivity index (χ1) is 9.76. The molecule has 1 aliphatic heterocycles. The zero-order valence-corrected chi connectivity index (χ0v) is 12.0. The van der Waals surface area contributed by atoms with Crippen LogP contribution in [0.3, 0.4) is 0 Å². The van der Waals surface area contributed by atoms with E-state index in [-0.39, 0.29) is 6.10 Å². The highest BCUT2D eigenvalue weighted by atomic mass is 16.6. The fraction of sp³-hybridized carbons (Fsp3) is 0.412. The van der Waals surface area contributed by atoms with Crippen LogP contribution in [0.1, 0.15) is 12.5 Å². The van der Waals surface area contributed by atoms with Gasteiger partial charge in [0.05, 0.1) is 19.3 Å². The third-order valence-electron chi connectivity index (χ3n) is 3.50. The van der Waals surface area contributed by atoms with Gasteiger partial charge in [0.15, 0.2) is 0 Å². The molecule has 0 spiro atoms. The molecule has 1 aliphatic rings. The van der Waals surface area contributed by atoms with Gasteiger partial charge in [-0.15, -0.1) is 0 Å². The second kappa shape index (κ2) is 5.81. The van der Waals surface area contributed by atoms with Crippen molar-refractivity contribution in [3.8, 4) is 5.75 Å². The van der Waals surface area contributed by atoms with Gasteiger partial charge in [-0.1, -0.05) is 30.3 Å². The van der Waals surface area contributed by atoms with E-state index in [0.717, 1.165) is 24.2 Å². The van der Waals surface area contributed by atoms with Gasteiger partial charge in [0.1, 0.15) is 11.9 Å². The largest absolute Gasteiger partial charge is 0.488 e. The van der Waals surface area contributed by atoms with E-state index < -0.39 is 0 Å². The van der Waals surface area contributed by atoms with Crippen molar-refractivity contribution in [2.24, 2.45) is 0 Å². The number of fused-ring (bicyclic) bond motifs is 1. The number of benzene rings is 2. The average molecular weight is 272 g/mol. The average Bonchev–Trinajstić information content (AvgIpc) is 3.23. The molecule has 3 nitrogen and oxygen atoms in total. The van der Waals surface area contributed by atoms with E-state index in [2.05, 4.69) is 24.3 Å². The molecule has 2 aromatic rings. The van der Waals surface area contributed by atoms with Crippen molar-refractivity contribution >= 4 is 10.8 Å². The zero-order chi connectivity index (χ0) is 13.9. The molecule has 0 amide bonds. The minimum atomic E-state index is 0.0464. The lowest BCUT2D eigenvalue weighted by Crippen LogP contribution is -2.18. The monoisotopic (exact) mass is 272 g/mol. The first-order valence-corrected chi connectivity index (χ1v) is 7.05. The minimum absolute atomic E-state index is 0.0464. The molecule has 0 bridgehead atoms.